The van der Waals surface area contributed by atoms with Gasteiger partial charge in [-0.15, -0.1) is 10.2 Å². The Kier molecular flexibility index (Phi) is 3.38. The van der Waals surface area contributed by atoms with Crippen molar-refractivity contribution in [2.75, 3.05) is 0 Å². The molecular formula is C12H13N7S. The Morgan fingerprint density at radius 1 is 1.30 bits per heavy atom. The third-order valence-electron chi connectivity index (χ3n) is 3.06. The maximum absolute atomic E-state index is 5.29. The van der Waals surface area contributed by atoms with Crippen molar-refractivity contribution in [3.8, 4) is 11.4 Å². The van der Waals surface area contributed by atoms with Gasteiger partial charge in [0.1, 0.15) is 12.2 Å². The predicted molar refractivity (Wildman–Crippen MR) is 75.3 cm³/mol. The van der Waals surface area contributed by atoms with E-state index < -0.39 is 0 Å². The lowest BCUT2D eigenvalue weighted by atomic mass is 10.2. The third kappa shape index (κ3) is 2.37. The first-order chi connectivity index (χ1) is 9.75. The second-order valence-corrected chi connectivity index (χ2v) is 4.73. The van der Waals surface area contributed by atoms with Crippen LogP contribution in [0.3, 0.4) is 0 Å². The minimum absolute atomic E-state index is 0.596. The molecule has 0 aromatic carbocycles. The summed E-state index contributed by atoms with van der Waals surface area (Å²) in [5.41, 5.74) is 0.977. The number of pyridine rings is 1. The summed E-state index contributed by atoms with van der Waals surface area (Å²) in [6, 6.07) is 3.81. The van der Waals surface area contributed by atoms with E-state index in [1.165, 1.54) is 0 Å². The van der Waals surface area contributed by atoms with Gasteiger partial charge in [0.2, 0.25) is 0 Å². The summed E-state index contributed by atoms with van der Waals surface area (Å²) >= 11 is 5.29. The van der Waals surface area contributed by atoms with E-state index in [0.29, 0.717) is 11.3 Å². The van der Waals surface area contributed by atoms with E-state index in [1.807, 2.05) is 28.3 Å². The monoisotopic (exact) mass is 287 g/mol. The van der Waals surface area contributed by atoms with Crippen LogP contribution in [0.4, 0.5) is 0 Å². The maximum atomic E-state index is 5.29. The number of aromatic nitrogens is 7. The Hall–Kier alpha value is -2.35. The molecule has 0 saturated carbocycles. The Balaban J connectivity index is 1.89. The average Bonchev–Trinajstić information content (AvgIpc) is 3.04. The van der Waals surface area contributed by atoms with Gasteiger partial charge in [-0.1, -0.05) is 0 Å². The predicted octanol–water partition coefficient (Wildman–Crippen LogP) is 1.37. The topological polar surface area (TPSA) is 77.2 Å². The lowest BCUT2D eigenvalue weighted by Gasteiger charge is -2.06. The van der Waals surface area contributed by atoms with Crippen LogP contribution in [-0.2, 0) is 20.0 Å². The molecule has 0 amide bonds. The van der Waals surface area contributed by atoms with Gasteiger partial charge in [-0.2, -0.15) is 5.10 Å². The van der Waals surface area contributed by atoms with Crippen molar-refractivity contribution in [3.63, 3.8) is 0 Å². The zero-order chi connectivity index (χ0) is 13.9. The first-order valence-electron chi connectivity index (χ1n) is 6.14. The van der Waals surface area contributed by atoms with E-state index in [9.17, 15) is 0 Å². The molecule has 0 radical (unpaired) electrons. The van der Waals surface area contributed by atoms with Gasteiger partial charge in [-0.3, -0.25) is 14.6 Å². The largest absolute Gasteiger partial charge is 0.321 e. The van der Waals surface area contributed by atoms with Crippen LogP contribution in [0.25, 0.3) is 11.4 Å². The Labute approximate surface area is 120 Å². The van der Waals surface area contributed by atoms with Gasteiger partial charge in [0.25, 0.3) is 0 Å². The van der Waals surface area contributed by atoms with Crippen molar-refractivity contribution in [1.82, 2.24) is 34.5 Å². The lowest BCUT2D eigenvalue weighted by Crippen LogP contribution is -2.07. The molecule has 0 bridgehead atoms. The fraction of sp³-hybridized carbons (Fsp3) is 0.250. The van der Waals surface area contributed by atoms with E-state index in [0.717, 1.165) is 23.6 Å². The van der Waals surface area contributed by atoms with Crippen molar-refractivity contribution >= 4 is 12.2 Å². The third-order valence-corrected chi connectivity index (χ3v) is 3.37. The highest BCUT2D eigenvalue weighted by atomic mass is 32.1. The molecular weight excluding hydrogens is 274 g/mol. The quantitative estimate of drug-likeness (QED) is 0.733. The van der Waals surface area contributed by atoms with Gasteiger partial charge < -0.3 is 4.57 Å². The summed E-state index contributed by atoms with van der Waals surface area (Å²) in [6.45, 7) is 0.694. The second kappa shape index (κ2) is 5.33. The summed E-state index contributed by atoms with van der Waals surface area (Å²) in [4.78, 5) is 4.01. The number of H-pyrrole nitrogens is 1. The molecule has 3 heterocycles. The van der Waals surface area contributed by atoms with Crippen molar-refractivity contribution in [3.05, 3.63) is 41.4 Å². The smallest absolute Gasteiger partial charge is 0.195 e. The van der Waals surface area contributed by atoms with Gasteiger partial charge in [0.15, 0.2) is 10.6 Å². The number of aromatic amines is 1. The molecule has 3 rings (SSSR count). The van der Waals surface area contributed by atoms with Crippen LogP contribution >= 0.6 is 12.2 Å². The second-order valence-electron chi connectivity index (χ2n) is 4.35. The number of aryl methyl sites for hydroxylation is 2. The maximum Gasteiger partial charge on any atom is 0.195 e. The Bertz CT molecular complexity index is 755. The number of hydrogen-bond donors (Lipinski definition) is 1. The van der Waals surface area contributed by atoms with Gasteiger partial charge in [-0.25, -0.2) is 0 Å². The van der Waals surface area contributed by atoms with Gasteiger partial charge in [-0.05, 0) is 24.4 Å². The molecule has 0 aliphatic carbocycles. The van der Waals surface area contributed by atoms with E-state index in [2.05, 4.69) is 25.4 Å². The minimum atomic E-state index is 0.596. The molecule has 3 aromatic rings. The van der Waals surface area contributed by atoms with Crippen LogP contribution in [0.2, 0.25) is 0 Å². The van der Waals surface area contributed by atoms with Crippen LogP contribution in [0.15, 0.2) is 30.9 Å². The average molecular weight is 287 g/mol. The fourth-order valence-corrected chi connectivity index (χ4v) is 2.22. The molecule has 102 valence electrons. The molecule has 1 N–H and O–H groups in total. The number of hydrogen-bond acceptors (Lipinski definition) is 5. The standard InChI is InChI=1S/C12H13N7S/c1-18-8-14-15-10(18)4-7-19-11(16-17-12(19)20)9-2-5-13-6-3-9/h2-3,5-6,8H,4,7H2,1H3,(H,17,20). The fourth-order valence-electron chi connectivity index (χ4n) is 1.99. The molecule has 0 aliphatic heterocycles. The van der Waals surface area contributed by atoms with Gasteiger partial charge in [0.05, 0.1) is 0 Å². The summed E-state index contributed by atoms with van der Waals surface area (Å²) in [7, 11) is 1.92. The molecule has 0 aliphatic rings. The van der Waals surface area contributed by atoms with Crippen molar-refractivity contribution in [1.29, 1.82) is 0 Å². The van der Waals surface area contributed by atoms with Crippen LogP contribution in [0.5, 0.6) is 0 Å². The first-order valence-corrected chi connectivity index (χ1v) is 6.55. The van der Waals surface area contributed by atoms with Crippen molar-refractivity contribution < 1.29 is 0 Å². The first kappa shape index (κ1) is 12.7. The van der Waals surface area contributed by atoms with Crippen LogP contribution in [0, 0.1) is 4.77 Å². The van der Waals surface area contributed by atoms with Gasteiger partial charge in [0, 0.05) is 38.0 Å². The molecule has 8 heteroatoms. The summed E-state index contributed by atoms with van der Waals surface area (Å²) < 4.78 is 4.45. The summed E-state index contributed by atoms with van der Waals surface area (Å²) in [5, 5.41) is 15.1. The minimum Gasteiger partial charge on any atom is -0.321 e. The lowest BCUT2D eigenvalue weighted by molar-refractivity contribution is 0.646. The van der Waals surface area contributed by atoms with E-state index in [4.69, 9.17) is 12.2 Å². The number of nitrogens with one attached hydrogen (secondary N) is 1. The van der Waals surface area contributed by atoms with Crippen LogP contribution in [0.1, 0.15) is 5.82 Å². The molecule has 20 heavy (non-hydrogen) atoms. The van der Waals surface area contributed by atoms with E-state index >= 15 is 0 Å². The normalized spacial score (nSPS) is 10.8. The Morgan fingerprint density at radius 3 is 2.80 bits per heavy atom. The zero-order valence-corrected chi connectivity index (χ0v) is 11.7. The van der Waals surface area contributed by atoms with Crippen LogP contribution in [-0.4, -0.2) is 34.5 Å². The molecule has 7 nitrogen and oxygen atoms in total. The van der Waals surface area contributed by atoms with E-state index in [1.54, 1.807) is 18.7 Å². The highest BCUT2D eigenvalue weighted by Gasteiger charge is 2.10. The van der Waals surface area contributed by atoms with E-state index in [-0.39, 0.29) is 0 Å². The summed E-state index contributed by atoms with van der Waals surface area (Å²) in [5.74, 6) is 1.72. The Morgan fingerprint density at radius 2 is 2.10 bits per heavy atom. The molecule has 3 aromatic heterocycles. The molecule has 0 fully saturated rings. The molecule has 0 unspecified atom stereocenters. The highest BCUT2D eigenvalue weighted by molar-refractivity contribution is 7.71. The zero-order valence-electron chi connectivity index (χ0n) is 10.9. The van der Waals surface area contributed by atoms with Crippen molar-refractivity contribution in [2.24, 2.45) is 7.05 Å². The number of rotatable bonds is 4. The molecule has 0 spiro atoms. The SMILES string of the molecule is Cn1cnnc1CCn1c(-c2ccncc2)n[nH]c1=S. The summed E-state index contributed by atoms with van der Waals surface area (Å²) in [6.07, 6.45) is 5.90. The number of nitrogens with zero attached hydrogens (tertiary/aromatic N) is 6. The van der Waals surface area contributed by atoms with Crippen molar-refractivity contribution in [2.45, 2.75) is 13.0 Å². The van der Waals surface area contributed by atoms with Crippen LogP contribution < -0.4 is 0 Å². The highest BCUT2D eigenvalue weighted by Crippen LogP contribution is 2.16. The molecule has 0 atom stereocenters. The molecule has 0 saturated heterocycles. The van der Waals surface area contributed by atoms with Gasteiger partial charge >= 0.3 is 0 Å².